The molecule has 2 fully saturated rings. The van der Waals surface area contributed by atoms with Gasteiger partial charge in [-0.3, -0.25) is 10.00 Å². The minimum atomic E-state index is -4.39. The number of hydrogen-bond donors (Lipinski definition) is 2. The zero-order valence-corrected chi connectivity index (χ0v) is 20.4. The molecule has 0 spiro atoms. The van der Waals surface area contributed by atoms with E-state index in [1.54, 1.807) is 0 Å². The summed E-state index contributed by atoms with van der Waals surface area (Å²) in [6.07, 6.45) is 1.14. The number of aldehydes is 1. The van der Waals surface area contributed by atoms with E-state index in [1.807, 2.05) is 29.4 Å². The first-order valence-corrected chi connectivity index (χ1v) is 12.3. The highest BCUT2D eigenvalue weighted by atomic mass is 19.4. The van der Waals surface area contributed by atoms with Gasteiger partial charge in [0.2, 0.25) is 0 Å². The number of pyridine rings is 2. The molecule has 37 heavy (non-hydrogen) atoms. The van der Waals surface area contributed by atoms with Gasteiger partial charge in [0.1, 0.15) is 17.9 Å². The van der Waals surface area contributed by atoms with Crippen molar-refractivity contribution in [2.45, 2.75) is 31.7 Å². The van der Waals surface area contributed by atoms with Crippen molar-refractivity contribution in [1.82, 2.24) is 30.4 Å². The van der Waals surface area contributed by atoms with Gasteiger partial charge in [-0.15, -0.1) is 0 Å². The topological polar surface area (TPSA) is 93.3 Å². The van der Waals surface area contributed by atoms with Crippen LogP contribution in [0.5, 0.6) is 0 Å². The molecule has 0 aliphatic carbocycles. The van der Waals surface area contributed by atoms with Gasteiger partial charge in [0.15, 0.2) is 0 Å². The Labute approximate surface area is 212 Å². The summed E-state index contributed by atoms with van der Waals surface area (Å²) in [6.45, 7) is 7.00. The van der Waals surface area contributed by atoms with E-state index in [0.717, 1.165) is 67.4 Å². The molecule has 2 aliphatic rings. The fourth-order valence-corrected chi connectivity index (χ4v) is 4.96. The molecular weight excluding hydrogens is 485 g/mol. The van der Waals surface area contributed by atoms with Crippen molar-refractivity contribution in [2.75, 3.05) is 49.1 Å². The Bertz CT molecular complexity index is 1200. The number of nitrogens with one attached hydrogen (secondary N) is 2. The third-order valence-electron chi connectivity index (χ3n) is 6.91. The van der Waals surface area contributed by atoms with Gasteiger partial charge in [-0.05, 0) is 31.2 Å². The quantitative estimate of drug-likeness (QED) is 0.485. The lowest BCUT2D eigenvalue weighted by Gasteiger charge is -2.40. The van der Waals surface area contributed by atoms with Crippen molar-refractivity contribution < 1.29 is 18.0 Å². The molecule has 0 radical (unpaired) electrons. The van der Waals surface area contributed by atoms with E-state index in [4.69, 9.17) is 0 Å². The lowest BCUT2D eigenvalue weighted by Crippen LogP contribution is -2.51. The minimum Gasteiger partial charge on any atom is -0.353 e. The molecule has 5 rings (SSSR count). The molecule has 2 unspecified atom stereocenters. The molecule has 0 aromatic carbocycles. The smallest absolute Gasteiger partial charge is 0.353 e. The van der Waals surface area contributed by atoms with Crippen LogP contribution in [0.25, 0.3) is 11.3 Å². The summed E-state index contributed by atoms with van der Waals surface area (Å²) in [7, 11) is 0. The molecule has 3 aromatic heterocycles. The second-order valence-corrected chi connectivity index (χ2v) is 9.49. The van der Waals surface area contributed by atoms with Crippen LogP contribution in [0.1, 0.15) is 18.1 Å². The predicted octanol–water partition coefficient (Wildman–Crippen LogP) is 2.57. The van der Waals surface area contributed by atoms with Crippen LogP contribution in [0.15, 0.2) is 42.9 Å². The first kappa shape index (κ1) is 25.2. The van der Waals surface area contributed by atoms with E-state index in [2.05, 4.69) is 42.2 Å². The Morgan fingerprint density at radius 1 is 1.05 bits per heavy atom. The fourth-order valence-electron chi connectivity index (χ4n) is 4.96. The van der Waals surface area contributed by atoms with Crippen LogP contribution < -0.4 is 15.1 Å². The lowest BCUT2D eigenvalue weighted by atomic mass is 10.1. The van der Waals surface area contributed by atoms with E-state index < -0.39 is 11.7 Å². The molecular formula is C25H29F3N8O. The first-order chi connectivity index (χ1) is 17.8. The second-order valence-electron chi connectivity index (χ2n) is 9.49. The van der Waals surface area contributed by atoms with Crippen molar-refractivity contribution in [1.29, 1.82) is 0 Å². The zero-order valence-electron chi connectivity index (χ0n) is 20.4. The molecule has 2 N–H and O–H groups in total. The number of nitrogens with zero attached hydrogens (tertiary/aromatic N) is 6. The molecule has 12 heteroatoms. The van der Waals surface area contributed by atoms with Crippen LogP contribution >= 0.6 is 0 Å². The van der Waals surface area contributed by atoms with E-state index in [0.29, 0.717) is 25.5 Å². The van der Waals surface area contributed by atoms with Gasteiger partial charge in [0.05, 0.1) is 17.3 Å². The van der Waals surface area contributed by atoms with Crippen LogP contribution in [0.4, 0.5) is 24.8 Å². The third-order valence-corrected chi connectivity index (χ3v) is 6.91. The Kier molecular flexibility index (Phi) is 7.11. The highest BCUT2D eigenvalue weighted by Gasteiger charge is 2.32. The summed E-state index contributed by atoms with van der Waals surface area (Å²) in [6, 6.07) is 6.38. The second kappa shape index (κ2) is 10.5. The number of carbonyl (C=O) groups excluding carboxylic acids is 1. The predicted molar refractivity (Wildman–Crippen MR) is 133 cm³/mol. The summed E-state index contributed by atoms with van der Waals surface area (Å²) in [5.41, 5.74) is 2.05. The van der Waals surface area contributed by atoms with Crippen molar-refractivity contribution >= 4 is 17.9 Å². The summed E-state index contributed by atoms with van der Waals surface area (Å²) in [5, 5.41) is 10.6. The highest BCUT2D eigenvalue weighted by Crippen LogP contribution is 2.30. The normalized spacial score (nSPS) is 21.3. The van der Waals surface area contributed by atoms with E-state index >= 15 is 0 Å². The monoisotopic (exact) mass is 514 g/mol. The maximum Gasteiger partial charge on any atom is 0.417 e. The maximum absolute atomic E-state index is 12.9. The van der Waals surface area contributed by atoms with Crippen LogP contribution in [-0.4, -0.2) is 82.7 Å². The molecule has 9 nitrogen and oxygen atoms in total. The van der Waals surface area contributed by atoms with Crippen molar-refractivity contribution in [3.8, 4) is 11.3 Å². The van der Waals surface area contributed by atoms with Gasteiger partial charge in [-0.2, -0.15) is 18.3 Å². The van der Waals surface area contributed by atoms with Crippen LogP contribution in [0, 0.1) is 0 Å². The SMILES string of the molecule is CC1CN(Cc2c[nH]nc2-c2ccc(N3CCNC(C=O)C3)nc2)CCN1c1ccc(C(F)(F)F)cn1. The van der Waals surface area contributed by atoms with E-state index in [-0.39, 0.29) is 12.1 Å². The first-order valence-electron chi connectivity index (χ1n) is 12.3. The average molecular weight is 515 g/mol. The standard InChI is InChI=1S/C25H29F3N8O/c1-17-13-34(8-9-36(17)23-5-3-20(12-31-23)25(26,27)28)14-19-11-32-33-24(19)18-2-4-22(30-10-18)35-7-6-29-21(15-35)16-37/h2-5,10-12,16-17,21,29H,6-9,13-15H2,1H3,(H,32,33). The summed E-state index contributed by atoms with van der Waals surface area (Å²) >= 11 is 0. The number of anilines is 2. The number of hydrogen-bond acceptors (Lipinski definition) is 8. The highest BCUT2D eigenvalue weighted by molar-refractivity contribution is 5.64. The van der Waals surface area contributed by atoms with Crippen molar-refractivity contribution in [2.24, 2.45) is 0 Å². The molecule has 2 aliphatic heterocycles. The molecule has 0 bridgehead atoms. The number of aromatic amines is 1. The van der Waals surface area contributed by atoms with E-state index in [1.165, 1.54) is 6.07 Å². The average Bonchev–Trinajstić information content (AvgIpc) is 3.36. The van der Waals surface area contributed by atoms with Gasteiger partial charge in [-0.25, -0.2) is 9.97 Å². The molecule has 2 atom stereocenters. The number of halogens is 3. The third kappa shape index (κ3) is 5.59. The maximum atomic E-state index is 12.9. The van der Waals surface area contributed by atoms with Crippen molar-refractivity contribution in [3.05, 3.63) is 54.0 Å². The molecule has 2 saturated heterocycles. The summed E-state index contributed by atoms with van der Waals surface area (Å²) < 4.78 is 38.6. The lowest BCUT2D eigenvalue weighted by molar-refractivity contribution is -0.137. The number of alkyl halides is 3. The van der Waals surface area contributed by atoms with Crippen LogP contribution in [0.2, 0.25) is 0 Å². The number of carbonyl (C=O) groups is 1. The zero-order chi connectivity index (χ0) is 26.0. The molecule has 0 amide bonds. The number of H-pyrrole nitrogens is 1. The van der Waals surface area contributed by atoms with Crippen LogP contribution in [0.3, 0.4) is 0 Å². The summed E-state index contributed by atoms with van der Waals surface area (Å²) in [5.74, 6) is 1.38. The number of rotatable bonds is 6. The Balaban J connectivity index is 1.22. The van der Waals surface area contributed by atoms with Gasteiger partial charge in [-0.1, -0.05) is 0 Å². The van der Waals surface area contributed by atoms with Gasteiger partial charge >= 0.3 is 6.18 Å². The number of piperazine rings is 2. The van der Waals surface area contributed by atoms with E-state index in [9.17, 15) is 18.0 Å². The molecule has 3 aromatic rings. The van der Waals surface area contributed by atoms with Crippen LogP contribution in [-0.2, 0) is 17.5 Å². The largest absolute Gasteiger partial charge is 0.417 e. The Morgan fingerprint density at radius 2 is 1.86 bits per heavy atom. The minimum absolute atomic E-state index is 0.0866. The van der Waals surface area contributed by atoms with Gasteiger partial charge in [0.25, 0.3) is 0 Å². The number of aromatic nitrogens is 4. The molecule has 0 saturated carbocycles. The molecule has 196 valence electrons. The fraction of sp³-hybridized carbons (Fsp3) is 0.440. The van der Waals surface area contributed by atoms with Crippen molar-refractivity contribution in [3.63, 3.8) is 0 Å². The van der Waals surface area contributed by atoms with Gasteiger partial charge in [0, 0.05) is 81.6 Å². The summed E-state index contributed by atoms with van der Waals surface area (Å²) in [4.78, 5) is 26.3. The Morgan fingerprint density at radius 3 is 2.54 bits per heavy atom. The van der Waals surface area contributed by atoms with Gasteiger partial charge < -0.3 is 19.9 Å². The molecule has 5 heterocycles. The Hall–Kier alpha value is -3.51.